The smallest absolute Gasteiger partial charge is 0.320 e. The van der Waals surface area contributed by atoms with E-state index in [1.54, 1.807) is 7.05 Å². The number of amides is 1. The zero-order valence-electron chi connectivity index (χ0n) is 14.3. The monoisotopic (exact) mass is 334 g/mol. The molecule has 0 spiro atoms. The minimum atomic E-state index is -0.500. The summed E-state index contributed by atoms with van der Waals surface area (Å²) >= 11 is 0. The fraction of sp³-hybridized carbons (Fsp3) is 0.765. The van der Waals surface area contributed by atoms with Gasteiger partial charge in [0.05, 0.1) is 4.92 Å². The maximum absolute atomic E-state index is 13.3. The van der Waals surface area contributed by atoms with Crippen molar-refractivity contribution in [3.05, 3.63) is 22.0 Å². The topological polar surface area (TPSA) is 81.3 Å². The lowest BCUT2D eigenvalue weighted by molar-refractivity contribution is -0.385. The van der Waals surface area contributed by atoms with Crippen LogP contribution in [0.1, 0.15) is 74.7 Å². The van der Waals surface area contributed by atoms with Crippen molar-refractivity contribution in [1.29, 1.82) is 0 Å². The highest BCUT2D eigenvalue weighted by Crippen LogP contribution is 2.32. The van der Waals surface area contributed by atoms with Crippen LogP contribution in [-0.4, -0.2) is 37.6 Å². The fourth-order valence-electron chi connectivity index (χ4n) is 4.28. The number of rotatable bonds is 4. The lowest BCUT2D eigenvalue weighted by atomic mass is 9.88. The van der Waals surface area contributed by atoms with Gasteiger partial charge < -0.3 is 4.90 Å². The van der Waals surface area contributed by atoms with E-state index in [9.17, 15) is 14.9 Å². The summed E-state index contributed by atoms with van der Waals surface area (Å²) in [6.45, 7) is 0. The van der Waals surface area contributed by atoms with Gasteiger partial charge in [0.15, 0.2) is 0 Å². The van der Waals surface area contributed by atoms with E-state index in [0.29, 0.717) is 0 Å². The second kappa shape index (κ2) is 7.32. The van der Waals surface area contributed by atoms with Gasteiger partial charge in [0.25, 0.3) is 5.91 Å². The number of aryl methyl sites for hydroxylation is 1. The molecule has 2 aliphatic rings. The molecule has 1 heterocycles. The minimum absolute atomic E-state index is 0.121. The Morgan fingerprint density at radius 2 is 1.62 bits per heavy atom. The van der Waals surface area contributed by atoms with Crippen LogP contribution in [0, 0.1) is 10.1 Å². The van der Waals surface area contributed by atoms with E-state index in [4.69, 9.17) is 0 Å². The molecule has 1 aromatic heterocycles. The summed E-state index contributed by atoms with van der Waals surface area (Å²) in [6.07, 6.45) is 12.2. The number of nitrogens with zero attached hydrogens (tertiary/aromatic N) is 4. The molecule has 2 saturated carbocycles. The van der Waals surface area contributed by atoms with Crippen LogP contribution in [0.5, 0.6) is 0 Å². The number of nitro groups is 1. The van der Waals surface area contributed by atoms with E-state index < -0.39 is 4.92 Å². The number of aromatic nitrogens is 2. The summed E-state index contributed by atoms with van der Waals surface area (Å²) in [7, 11) is 1.61. The van der Waals surface area contributed by atoms with Gasteiger partial charge in [-0.1, -0.05) is 38.5 Å². The van der Waals surface area contributed by atoms with Crippen LogP contribution in [0.25, 0.3) is 0 Å². The summed E-state index contributed by atoms with van der Waals surface area (Å²) < 4.78 is 1.36. The average Bonchev–Trinajstić information content (AvgIpc) is 2.99. The number of hydrogen-bond acceptors (Lipinski definition) is 4. The molecule has 0 unspecified atom stereocenters. The Hall–Kier alpha value is -1.92. The summed E-state index contributed by atoms with van der Waals surface area (Å²) in [4.78, 5) is 26.1. The molecule has 0 atom stereocenters. The van der Waals surface area contributed by atoms with Crippen LogP contribution >= 0.6 is 0 Å². The van der Waals surface area contributed by atoms with Gasteiger partial charge in [-0.25, -0.2) is 0 Å². The first-order valence-electron chi connectivity index (χ1n) is 9.08. The van der Waals surface area contributed by atoms with Gasteiger partial charge in [0, 0.05) is 19.1 Å². The van der Waals surface area contributed by atoms with Crippen LogP contribution in [0.15, 0.2) is 6.20 Å². The highest BCUT2D eigenvalue weighted by molar-refractivity contribution is 5.96. The summed E-state index contributed by atoms with van der Waals surface area (Å²) in [5.41, 5.74) is -0.0599. The molecule has 2 fully saturated rings. The molecule has 0 aromatic carbocycles. The quantitative estimate of drug-likeness (QED) is 0.624. The SMILES string of the molecule is Cn1ncc([N+](=O)[O-])c1C(=O)N(C1CCCCC1)C1CCCCC1. The van der Waals surface area contributed by atoms with Crippen LogP contribution in [0.3, 0.4) is 0 Å². The van der Waals surface area contributed by atoms with Gasteiger partial charge in [-0.05, 0) is 25.7 Å². The molecule has 1 amide bonds. The molecule has 132 valence electrons. The molecule has 0 radical (unpaired) electrons. The zero-order valence-corrected chi connectivity index (χ0v) is 14.3. The van der Waals surface area contributed by atoms with Crippen molar-refractivity contribution in [2.24, 2.45) is 7.05 Å². The van der Waals surface area contributed by atoms with Gasteiger partial charge >= 0.3 is 5.69 Å². The Morgan fingerprint density at radius 1 is 1.12 bits per heavy atom. The Bertz CT molecular complexity index is 583. The van der Waals surface area contributed by atoms with Crippen molar-refractivity contribution >= 4 is 11.6 Å². The molecule has 24 heavy (non-hydrogen) atoms. The predicted molar refractivity (Wildman–Crippen MR) is 89.8 cm³/mol. The van der Waals surface area contributed by atoms with E-state index >= 15 is 0 Å². The third-order valence-corrected chi connectivity index (χ3v) is 5.49. The Labute approximate surface area is 142 Å². The molecule has 0 bridgehead atoms. The normalized spacial score (nSPS) is 20.0. The van der Waals surface area contributed by atoms with E-state index in [0.717, 1.165) is 51.4 Å². The van der Waals surface area contributed by atoms with Crippen molar-refractivity contribution in [2.45, 2.75) is 76.3 Å². The predicted octanol–water partition coefficient (Wildman–Crippen LogP) is 3.44. The maximum atomic E-state index is 13.3. The highest BCUT2D eigenvalue weighted by atomic mass is 16.6. The largest absolute Gasteiger partial charge is 0.331 e. The van der Waals surface area contributed by atoms with Crippen LogP contribution in [0.2, 0.25) is 0 Å². The Morgan fingerprint density at radius 3 is 2.08 bits per heavy atom. The molecule has 7 heteroatoms. The van der Waals surface area contributed by atoms with Gasteiger partial charge in [-0.15, -0.1) is 0 Å². The van der Waals surface area contributed by atoms with Gasteiger partial charge in [-0.3, -0.25) is 19.6 Å². The third kappa shape index (κ3) is 3.30. The molecule has 3 rings (SSSR count). The Kier molecular flexibility index (Phi) is 5.16. The van der Waals surface area contributed by atoms with E-state index in [1.165, 1.54) is 23.7 Å². The van der Waals surface area contributed by atoms with Crippen molar-refractivity contribution in [2.75, 3.05) is 0 Å². The second-order valence-corrected chi connectivity index (χ2v) is 7.06. The zero-order chi connectivity index (χ0) is 17.1. The molecular weight excluding hydrogens is 308 g/mol. The van der Waals surface area contributed by atoms with Gasteiger partial charge in [-0.2, -0.15) is 5.10 Å². The first-order valence-corrected chi connectivity index (χ1v) is 9.08. The van der Waals surface area contributed by atoms with Crippen LogP contribution < -0.4 is 0 Å². The molecule has 7 nitrogen and oxygen atoms in total. The molecule has 0 aliphatic heterocycles. The second-order valence-electron chi connectivity index (χ2n) is 7.06. The third-order valence-electron chi connectivity index (χ3n) is 5.49. The summed E-state index contributed by atoms with van der Waals surface area (Å²) in [5, 5.41) is 15.3. The number of carbonyl (C=O) groups is 1. The van der Waals surface area contributed by atoms with Crippen LogP contribution in [0.4, 0.5) is 5.69 Å². The molecule has 1 aromatic rings. The lowest BCUT2D eigenvalue weighted by Gasteiger charge is -2.41. The fourth-order valence-corrected chi connectivity index (χ4v) is 4.28. The number of carbonyl (C=O) groups excluding carboxylic acids is 1. The number of hydrogen-bond donors (Lipinski definition) is 0. The molecule has 2 aliphatic carbocycles. The lowest BCUT2D eigenvalue weighted by Crippen LogP contribution is -2.49. The molecule has 0 N–H and O–H groups in total. The highest BCUT2D eigenvalue weighted by Gasteiger charge is 2.37. The van der Waals surface area contributed by atoms with Gasteiger partial charge in [0.1, 0.15) is 6.20 Å². The van der Waals surface area contributed by atoms with Crippen LogP contribution in [-0.2, 0) is 7.05 Å². The van der Waals surface area contributed by atoms with Gasteiger partial charge in [0.2, 0.25) is 5.69 Å². The van der Waals surface area contributed by atoms with E-state index in [1.807, 2.05) is 4.90 Å². The first-order chi connectivity index (χ1) is 11.6. The maximum Gasteiger partial charge on any atom is 0.320 e. The standard InChI is InChI=1S/C17H26N4O3/c1-19-16(15(12-18-19)21(23)24)17(22)20(13-8-4-2-5-9-13)14-10-6-3-7-11-14/h12-14H,2-11H2,1H3. The molecule has 0 saturated heterocycles. The van der Waals surface area contributed by atoms with E-state index in [-0.39, 0.29) is 29.4 Å². The van der Waals surface area contributed by atoms with Crippen molar-refractivity contribution in [1.82, 2.24) is 14.7 Å². The van der Waals surface area contributed by atoms with Crippen molar-refractivity contribution in [3.63, 3.8) is 0 Å². The minimum Gasteiger partial charge on any atom is -0.331 e. The summed E-state index contributed by atoms with van der Waals surface area (Å²) in [6, 6.07) is 0.424. The van der Waals surface area contributed by atoms with Crippen molar-refractivity contribution in [3.8, 4) is 0 Å². The molecular formula is C17H26N4O3. The Balaban J connectivity index is 1.93. The van der Waals surface area contributed by atoms with E-state index in [2.05, 4.69) is 5.10 Å². The summed E-state index contributed by atoms with van der Waals surface area (Å²) in [5.74, 6) is -0.208. The first kappa shape index (κ1) is 16.9. The average molecular weight is 334 g/mol. The van der Waals surface area contributed by atoms with Crippen molar-refractivity contribution < 1.29 is 9.72 Å².